The fraction of sp³-hybridized carbons (Fsp3) is 0.364. The molecule has 2 rings (SSSR count). The lowest BCUT2D eigenvalue weighted by Crippen LogP contribution is -2.20. The van der Waals surface area contributed by atoms with Crippen LogP contribution in [0.15, 0.2) is 59.8 Å². The minimum absolute atomic E-state index is 0.00426. The molecule has 27 heavy (non-hydrogen) atoms. The third kappa shape index (κ3) is 6.87. The molecule has 0 radical (unpaired) electrons. The van der Waals surface area contributed by atoms with Crippen LogP contribution in [0.1, 0.15) is 49.5 Å². The minimum Gasteiger partial charge on any atom is -0.456 e. The highest BCUT2D eigenvalue weighted by Gasteiger charge is 2.20. The second-order valence-corrected chi connectivity index (χ2v) is 6.73. The van der Waals surface area contributed by atoms with E-state index in [1.54, 1.807) is 0 Å². The van der Waals surface area contributed by atoms with Gasteiger partial charge in [-0.1, -0.05) is 65.3 Å². The summed E-state index contributed by atoms with van der Waals surface area (Å²) in [6.45, 7) is 6.11. The van der Waals surface area contributed by atoms with Gasteiger partial charge in [0.1, 0.15) is 6.61 Å². The zero-order valence-electron chi connectivity index (χ0n) is 16.1. The summed E-state index contributed by atoms with van der Waals surface area (Å²) in [4.78, 5) is 12.2. The molecular formula is C22H27NO4. The smallest absolute Gasteiger partial charge is 0.356 e. The Morgan fingerprint density at radius 3 is 2.33 bits per heavy atom. The predicted octanol–water partition coefficient (Wildman–Crippen LogP) is 4.81. The molecule has 1 unspecified atom stereocenters. The second kappa shape index (κ2) is 10.5. The van der Waals surface area contributed by atoms with Gasteiger partial charge < -0.3 is 14.7 Å². The molecule has 1 N–H and O–H groups in total. The normalized spacial score (nSPS) is 12.8. The third-order valence-electron chi connectivity index (χ3n) is 4.10. The molecule has 0 spiro atoms. The third-order valence-corrected chi connectivity index (χ3v) is 4.10. The van der Waals surface area contributed by atoms with E-state index in [-0.39, 0.29) is 30.9 Å². The van der Waals surface area contributed by atoms with Gasteiger partial charge in [-0.25, -0.2) is 4.79 Å². The van der Waals surface area contributed by atoms with Crippen molar-refractivity contribution in [1.29, 1.82) is 0 Å². The summed E-state index contributed by atoms with van der Waals surface area (Å²) in [5, 5.41) is 12.4. The average Bonchev–Trinajstić information content (AvgIpc) is 2.67. The quantitative estimate of drug-likeness (QED) is 0.298. The molecule has 1 atom stereocenters. The Morgan fingerprint density at radius 2 is 1.74 bits per heavy atom. The Hall–Kier alpha value is -2.66. The van der Waals surface area contributed by atoms with Crippen molar-refractivity contribution in [2.24, 2.45) is 5.16 Å². The van der Waals surface area contributed by atoms with Crippen molar-refractivity contribution >= 4 is 11.7 Å². The van der Waals surface area contributed by atoms with Crippen molar-refractivity contribution in [3.63, 3.8) is 0 Å². The molecule has 0 amide bonds. The number of carbonyl (C=O) groups is 1. The lowest BCUT2D eigenvalue weighted by atomic mass is 10.0. The number of rotatable bonds is 9. The van der Waals surface area contributed by atoms with Crippen molar-refractivity contribution in [3.05, 3.63) is 71.3 Å². The van der Waals surface area contributed by atoms with Crippen LogP contribution in [0.4, 0.5) is 0 Å². The first kappa shape index (κ1) is 20.6. The molecule has 0 saturated heterocycles. The lowest BCUT2D eigenvalue weighted by Gasteiger charge is -2.21. The highest BCUT2D eigenvalue weighted by atomic mass is 16.5. The topological polar surface area (TPSA) is 68.1 Å². The van der Waals surface area contributed by atoms with Crippen LogP contribution in [0.5, 0.6) is 0 Å². The molecule has 0 aromatic heterocycles. The van der Waals surface area contributed by atoms with E-state index in [4.69, 9.17) is 9.47 Å². The number of esters is 1. The van der Waals surface area contributed by atoms with Crippen LogP contribution in [0.3, 0.4) is 0 Å². The first-order valence-electron chi connectivity index (χ1n) is 9.13. The van der Waals surface area contributed by atoms with Crippen molar-refractivity contribution in [2.75, 3.05) is 0 Å². The van der Waals surface area contributed by atoms with E-state index in [0.717, 1.165) is 11.1 Å². The molecular weight excluding hydrogens is 342 g/mol. The summed E-state index contributed by atoms with van der Waals surface area (Å²) in [6.07, 6.45) is 0.622. The van der Waals surface area contributed by atoms with Gasteiger partial charge in [0.2, 0.25) is 0 Å². The van der Waals surface area contributed by atoms with E-state index in [1.165, 1.54) is 5.56 Å². The Balaban J connectivity index is 1.96. The molecule has 0 fully saturated rings. The molecule has 0 aliphatic rings. The maximum absolute atomic E-state index is 12.2. The Labute approximate surface area is 160 Å². The predicted molar refractivity (Wildman–Crippen MR) is 105 cm³/mol. The van der Waals surface area contributed by atoms with Crippen molar-refractivity contribution in [1.82, 2.24) is 0 Å². The summed E-state index contributed by atoms with van der Waals surface area (Å²) >= 11 is 0. The molecule has 0 saturated carbocycles. The SMILES string of the molecule is Cc1ccc(C(CCC(=NO)C(=O)OCc2ccccc2)OC(C)C)cc1. The van der Waals surface area contributed by atoms with Gasteiger partial charge in [-0.2, -0.15) is 0 Å². The van der Waals surface area contributed by atoms with E-state index < -0.39 is 5.97 Å². The Morgan fingerprint density at radius 1 is 1.07 bits per heavy atom. The van der Waals surface area contributed by atoms with Crippen LogP contribution in [0.2, 0.25) is 0 Å². The molecule has 144 valence electrons. The Kier molecular flexibility index (Phi) is 8.01. The summed E-state index contributed by atoms with van der Waals surface area (Å²) in [7, 11) is 0. The number of nitrogens with zero attached hydrogens (tertiary/aromatic N) is 1. The monoisotopic (exact) mass is 369 g/mol. The van der Waals surface area contributed by atoms with Gasteiger partial charge in [0.25, 0.3) is 0 Å². The number of oxime groups is 1. The summed E-state index contributed by atoms with van der Waals surface area (Å²) in [6, 6.07) is 17.5. The molecule has 2 aromatic rings. The van der Waals surface area contributed by atoms with Gasteiger partial charge in [-0.15, -0.1) is 0 Å². The Bertz CT molecular complexity index is 739. The number of hydrogen-bond acceptors (Lipinski definition) is 5. The molecule has 2 aromatic carbocycles. The average molecular weight is 369 g/mol. The first-order valence-corrected chi connectivity index (χ1v) is 9.13. The standard InChI is InChI=1S/C22H27NO4/c1-16(2)27-21(19-11-9-17(3)10-12-19)14-13-20(23-25)22(24)26-15-18-7-5-4-6-8-18/h4-12,16,21,25H,13-15H2,1-3H3. The number of carbonyl (C=O) groups excluding carboxylic acids is 1. The van der Waals surface area contributed by atoms with Gasteiger partial charge in [-0.05, 0) is 38.3 Å². The largest absolute Gasteiger partial charge is 0.456 e. The van der Waals surface area contributed by atoms with Gasteiger partial charge in [0, 0.05) is 6.42 Å². The molecule has 0 aliphatic carbocycles. The van der Waals surface area contributed by atoms with E-state index in [0.29, 0.717) is 6.42 Å². The number of ether oxygens (including phenoxy) is 2. The molecule has 5 nitrogen and oxygen atoms in total. The van der Waals surface area contributed by atoms with Gasteiger partial charge in [0.05, 0.1) is 12.2 Å². The number of benzene rings is 2. The lowest BCUT2D eigenvalue weighted by molar-refractivity contribution is -0.137. The van der Waals surface area contributed by atoms with E-state index in [9.17, 15) is 10.0 Å². The fourth-order valence-corrected chi connectivity index (χ4v) is 2.69. The fourth-order valence-electron chi connectivity index (χ4n) is 2.69. The van der Waals surface area contributed by atoms with Crippen LogP contribution >= 0.6 is 0 Å². The second-order valence-electron chi connectivity index (χ2n) is 6.73. The van der Waals surface area contributed by atoms with Crippen LogP contribution in [0, 0.1) is 6.92 Å². The van der Waals surface area contributed by atoms with Crippen LogP contribution in [0.25, 0.3) is 0 Å². The van der Waals surface area contributed by atoms with Gasteiger partial charge >= 0.3 is 5.97 Å². The minimum atomic E-state index is -0.617. The van der Waals surface area contributed by atoms with Crippen LogP contribution in [-0.2, 0) is 20.9 Å². The highest BCUT2D eigenvalue weighted by molar-refractivity contribution is 6.36. The van der Waals surface area contributed by atoms with Gasteiger partial charge in [0.15, 0.2) is 5.71 Å². The molecule has 0 heterocycles. The maximum atomic E-state index is 12.2. The van der Waals surface area contributed by atoms with Crippen molar-refractivity contribution < 1.29 is 19.5 Å². The van der Waals surface area contributed by atoms with E-state index in [1.807, 2.05) is 75.4 Å². The van der Waals surface area contributed by atoms with Crippen LogP contribution in [-0.4, -0.2) is 23.0 Å². The first-order chi connectivity index (χ1) is 13.0. The summed E-state index contributed by atoms with van der Waals surface area (Å²) in [5.41, 5.74) is 3.08. The maximum Gasteiger partial charge on any atom is 0.356 e. The summed E-state index contributed by atoms with van der Waals surface area (Å²) < 4.78 is 11.2. The van der Waals surface area contributed by atoms with Crippen molar-refractivity contribution in [2.45, 2.75) is 52.4 Å². The highest BCUT2D eigenvalue weighted by Crippen LogP contribution is 2.25. The number of hydrogen-bond donors (Lipinski definition) is 1. The van der Waals surface area contributed by atoms with E-state index >= 15 is 0 Å². The van der Waals surface area contributed by atoms with E-state index in [2.05, 4.69) is 5.16 Å². The van der Waals surface area contributed by atoms with Crippen molar-refractivity contribution in [3.8, 4) is 0 Å². The summed E-state index contributed by atoms with van der Waals surface area (Å²) in [5.74, 6) is -0.617. The molecule has 0 bridgehead atoms. The van der Waals surface area contributed by atoms with Crippen LogP contribution < -0.4 is 0 Å². The van der Waals surface area contributed by atoms with Gasteiger partial charge in [-0.3, -0.25) is 0 Å². The number of aryl methyl sites for hydroxylation is 1. The molecule has 0 aliphatic heterocycles. The zero-order valence-corrected chi connectivity index (χ0v) is 16.1. The zero-order chi connectivity index (χ0) is 19.6. The molecule has 5 heteroatoms.